The minimum Gasteiger partial charge on any atom is -0.394 e. The standard InChI is InChI=1S/C23H22F3N5O6/c24-13-3-11(4-14(25)20(13)26)16-8-31(30-28-16)21-22(34)17(36-18(9-32)23(21)35)7-12-6-15(29-37-12)10-1-2-27-19(33)5-10/h1-5,8,12,17-18,21-23,32,34-35H,6-7,9H2,(H,27,33)/t12?,17-,18-,21-,22+,23+/m1/s1. The number of hydrogen-bond acceptors (Lipinski definition) is 9. The maximum atomic E-state index is 13.7. The summed E-state index contributed by atoms with van der Waals surface area (Å²) in [6, 6.07) is 3.40. The summed E-state index contributed by atoms with van der Waals surface area (Å²) >= 11 is 0. The van der Waals surface area contributed by atoms with Crippen LogP contribution in [0.4, 0.5) is 13.2 Å². The molecule has 37 heavy (non-hydrogen) atoms. The molecule has 196 valence electrons. The molecule has 4 N–H and O–H groups in total. The molecule has 4 heterocycles. The predicted molar refractivity (Wildman–Crippen MR) is 120 cm³/mol. The first-order chi connectivity index (χ1) is 17.7. The summed E-state index contributed by atoms with van der Waals surface area (Å²) in [7, 11) is 0. The monoisotopic (exact) mass is 521 g/mol. The molecule has 0 radical (unpaired) electrons. The van der Waals surface area contributed by atoms with Crippen molar-refractivity contribution in [3.63, 3.8) is 0 Å². The molecule has 3 aromatic rings. The summed E-state index contributed by atoms with van der Waals surface area (Å²) < 4.78 is 47.5. The van der Waals surface area contributed by atoms with Crippen molar-refractivity contribution < 1.29 is 38.1 Å². The van der Waals surface area contributed by atoms with Gasteiger partial charge in [0.1, 0.15) is 36.2 Å². The lowest BCUT2D eigenvalue weighted by atomic mass is 9.89. The Balaban J connectivity index is 1.34. The van der Waals surface area contributed by atoms with Gasteiger partial charge in [0.2, 0.25) is 5.56 Å². The molecule has 0 saturated carbocycles. The van der Waals surface area contributed by atoms with E-state index in [1.807, 2.05) is 0 Å². The Labute approximate surface area is 206 Å². The molecule has 0 spiro atoms. The number of ether oxygens (including phenoxy) is 1. The molecule has 6 atom stereocenters. The van der Waals surface area contributed by atoms with Gasteiger partial charge in [0.25, 0.3) is 0 Å². The first kappa shape index (κ1) is 25.1. The lowest BCUT2D eigenvalue weighted by molar-refractivity contribution is -0.212. The minimum absolute atomic E-state index is 0.0317. The second-order valence-electron chi connectivity index (χ2n) is 8.85. The molecule has 1 aromatic carbocycles. The first-order valence-corrected chi connectivity index (χ1v) is 11.4. The van der Waals surface area contributed by atoms with Crippen LogP contribution in [0.1, 0.15) is 24.4 Å². The normalized spacial score (nSPS) is 27.7. The van der Waals surface area contributed by atoms with Gasteiger partial charge in [0.05, 0.1) is 24.6 Å². The van der Waals surface area contributed by atoms with Crippen LogP contribution in [0.25, 0.3) is 11.3 Å². The fourth-order valence-corrected chi connectivity index (χ4v) is 4.55. The van der Waals surface area contributed by atoms with Crippen molar-refractivity contribution in [1.82, 2.24) is 20.0 Å². The third-order valence-corrected chi connectivity index (χ3v) is 6.42. The maximum Gasteiger partial charge on any atom is 0.248 e. The number of nitrogens with zero attached hydrogens (tertiary/aromatic N) is 4. The molecule has 0 bridgehead atoms. The van der Waals surface area contributed by atoms with Gasteiger partial charge in [-0.3, -0.25) is 4.79 Å². The molecular formula is C23H22F3N5O6. The minimum atomic E-state index is -1.62. The molecule has 11 nitrogen and oxygen atoms in total. The predicted octanol–water partition coefficient (Wildman–Crippen LogP) is 0.657. The average molecular weight is 521 g/mol. The highest BCUT2D eigenvalue weighted by Gasteiger charge is 2.47. The van der Waals surface area contributed by atoms with Gasteiger partial charge in [-0.2, -0.15) is 0 Å². The van der Waals surface area contributed by atoms with E-state index in [4.69, 9.17) is 9.57 Å². The zero-order valence-corrected chi connectivity index (χ0v) is 19.0. The Morgan fingerprint density at radius 3 is 2.51 bits per heavy atom. The number of nitrogens with one attached hydrogen (secondary N) is 1. The molecule has 5 rings (SSSR count). The van der Waals surface area contributed by atoms with Crippen molar-refractivity contribution in [2.24, 2.45) is 5.16 Å². The molecule has 2 aliphatic heterocycles. The van der Waals surface area contributed by atoms with E-state index in [2.05, 4.69) is 20.5 Å². The molecule has 0 aliphatic carbocycles. The van der Waals surface area contributed by atoms with Gasteiger partial charge in [-0.1, -0.05) is 10.4 Å². The van der Waals surface area contributed by atoms with E-state index in [0.29, 0.717) is 17.7 Å². The Hall–Kier alpha value is -3.59. The summed E-state index contributed by atoms with van der Waals surface area (Å²) in [4.78, 5) is 19.6. The number of H-pyrrole nitrogens is 1. The second kappa shape index (κ2) is 10.0. The molecule has 1 saturated heterocycles. The van der Waals surface area contributed by atoms with Gasteiger partial charge in [-0.15, -0.1) is 5.10 Å². The summed E-state index contributed by atoms with van der Waals surface area (Å²) in [5.41, 5.74) is 0.697. The molecule has 14 heteroatoms. The Morgan fingerprint density at radius 1 is 1.08 bits per heavy atom. The van der Waals surface area contributed by atoms with Crippen LogP contribution >= 0.6 is 0 Å². The topological polar surface area (TPSA) is 155 Å². The molecule has 0 amide bonds. The number of oxime groups is 1. The SMILES string of the molecule is O=c1cc(C2=NOC(C[C@H]3O[C@H](CO)[C@H](O)[C@H](n4cc(-c5cc(F)c(F)c(F)c5)nn4)[C@H]3O)C2)cc[nH]1. The zero-order chi connectivity index (χ0) is 26.3. The first-order valence-electron chi connectivity index (χ1n) is 11.4. The lowest BCUT2D eigenvalue weighted by Crippen LogP contribution is -2.56. The quantitative estimate of drug-likeness (QED) is 0.345. The lowest BCUT2D eigenvalue weighted by Gasteiger charge is -2.42. The Kier molecular flexibility index (Phi) is 6.81. The van der Waals surface area contributed by atoms with Gasteiger partial charge in [0.15, 0.2) is 17.5 Å². The summed E-state index contributed by atoms with van der Waals surface area (Å²) in [6.07, 6.45) is -2.17. The number of pyridine rings is 1. The maximum absolute atomic E-state index is 13.7. The number of benzene rings is 1. The van der Waals surface area contributed by atoms with E-state index in [1.54, 1.807) is 6.07 Å². The van der Waals surface area contributed by atoms with Crippen LogP contribution in [-0.2, 0) is 9.57 Å². The van der Waals surface area contributed by atoms with Crippen LogP contribution in [0.2, 0.25) is 0 Å². The van der Waals surface area contributed by atoms with E-state index in [-0.39, 0.29) is 23.2 Å². The number of halogens is 3. The number of aromatic nitrogens is 4. The van der Waals surface area contributed by atoms with Gasteiger partial charge in [0, 0.05) is 36.2 Å². The fourth-order valence-electron chi connectivity index (χ4n) is 4.55. The number of aliphatic hydroxyl groups is 3. The number of rotatable bonds is 6. The summed E-state index contributed by atoms with van der Waals surface area (Å²) in [5, 5.41) is 43.3. The Morgan fingerprint density at radius 2 is 1.81 bits per heavy atom. The highest BCUT2D eigenvalue weighted by Crippen LogP contribution is 2.34. The third-order valence-electron chi connectivity index (χ3n) is 6.42. The van der Waals surface area contributed by atoms with Gasteiger partial charge >= 0.3 is 0 Å². The zero-order valence-electron chi connectivity index (χ0n) is 19.0. The number of aliphatic hydroxyl groups excluding tert-OH is 3. The molecular weight excluding hydrogens is 499 g/mol. The van der Waals surface area contributed by atoms with Crippen molar-refractivity contribution in [2.75, 3.05) is 6.61 Å². The highest BCUT2D eigenvalue weighted by atomic mass is 19.2. The fraction of sp³-hybridized carbons (Fsp3) is 0.391. The number of aromatic amines is 1. The van der Waals surface area contributed by atoms with Crippen LogP contribution in [-0.4, -0.2) is 78.1 Å². The van der Waals surface area contributed by atoms with E-state index in [0.717, 1.165) is 16.8 Å². The van der Waals surface area contributed by atoms with Crippen LogP contribution in [0, 0.1) is 17.5 Å². The van der Waals surface area contributed by atoms with Gasteiger partial charge in [-0.05, 0) is 18.2 Å². The molecule has 1 fully saturated rings. The van der Waals surface area contributed by atoms with Crippen molar-refractivity contribution in [3.05, 3.63) is 70.0 Å². The van der Waals surface area contributed by atoms with Crippen LogP contribution < -0.4 is 5.56 Å². The molecule has 2 aromatic heterocycles. The van der Waals surface area contributed by atoms with Crippen molar-refractivity contribution in [2.45, 2.75) is 49.4 Å². The van der Waals surface area contributed by atoms with Crippen molar-refractivity contribution in [3.8, 4) is 11.3 Å². The van der Waals surface area contributed by atoms with Crippen LogP contribution in [0.15, 0.2) is 46.6 Å². The van der Waals surface area contributed by atoms with E-state index in [9.17, 15) is 33.3 Å². The smallest absolute Gasteiger partial charge is 0.248 e. The number of hydrogen-bond donors (Lipinski definition) is 4. The summed E-state index contributed by atoms with van der Waals surface area (Å²) in [6.45, 7) is -0.573. The third kappa shape index (κ3) is 4.87. The van der Waals surface area contributed by atoms with E-state index >= 15 is 0 Å². The van der Waals surface area contributed by atoms with Crippen molar-refractivity contribution in [1.29, 1.82) is 0 Å². The Bertz CT molecular complexity index is 1360. The molecule has 2 aliphatic rings. The van der Waals surface area contributed by atoms with Gasteiger partial charge < -0.3 is 29.9 Å². The summed E-state index contributed by atoms with van der Waals surface area (Å²) in [5.74, 6) is -4.44. The van der Waals surface area contributed by atoms with E-state index in [1.165, 1.54) is 18.5 Å². The van der Waals surface area contributed by atoms with E-state index < -0.39 is 60.6 Å². The van der Waals surface area contributed by atoms with Crippen LogP contribution in [0.3, 0.4) is 0 Å². The van der Waals surface area contributed by atoms with Gasteiger partial charge in [-0.25, -0.2) is 17.9 Å². The molecule has 1 unspecified atom stereocenters. The highest BCUT2D eigenvalue weighted by molar-refractivity contribution is 6.01. The second-order valence-corrected chi connectivity index (χ2v) is 8.85. The average Bonchev–Trinajstić information content (AvgIpc) is 3.54. The van der Waals surface area contributed by atoms with Crippen LogP contribution in [0.5, 0.6) is 0 Å². The van der Waals surface area contributed by atoms with Crippen molar-refractivity contribution >= 4 is 5.71 Å². The largest absolute Gasteiger partial charge is 0.394 e.